The molecule has 0 fully saturated rings. The van der Waals surface area contributed by atoms with Crippen LogP contribution < -0.4 is 0 Å². The molecule has 0 aromatic heterocycles. The lowest BCUT2D eigenvalue weighted by Crippen LogP contribution is -1.92. The van der Waals surface area contributed by atoms with E-state index in [2.05, 4.69) is 13.8 Å². The van der Waals surface area contributed by atoms with E-state index in [-0.39, 0.29) is 0 Å². The highest BCUT2D eigenvalue weighted by atomic mass is 33.5. The van der Waals surface area contributed by atoms with E-state index in [1.54, 1.807) is 0 Å². The first-order valence-corrected chi connectivity index (χ1v) is 11.1. The maximum Gasteiger partial charge on any atom is 0.253 e. The molecule has 2 nitrogen and oxygen atoms in total. The van der Waals surface area contributed by atoms with Crippen LogP contribution in [0.5, 0.6) is 0 Å². The molecule has 0 aromatic rings. The maximum absolute atomic E-state index is 11.6. The van der Waals surface area contributed by atoms with E-state index in [1.807, 2.05) is 0 Å². The Balaban J connectivity index is 3.46. The van der Waals surface area contributed by atoms with Crippen molar-refractivity contribution in [1.29, 1.82) is 0 Å². The summed E-state index contributed by atoms with van der Waals surface area (Å²) in [6.07, 6.45) is 9.17. The number of rotatable bonds is 12. The van der Waals surface area contributed by atoms with E-state index in [0.29, 0.717) is 0 Å². The molecule has 5 heteroatoms. The summed E-state index contributed by atoms with van der Waals surface area (Å²) in [5.41, 5.74) is 0. The Labute approximate surface area is 114 Å². The SMILES string of the molecule is CCCCCCSS(=O)(=O)SCCCCCC. The minimum atomic E-state index is -2.92. The summed E-state index contributed by atoms with van der Waals surface area (Å²) in [6.45, 7) is 4.33. The summed E-state index contributed by atoms with van der Waals surface area (Å²) in [4.78, 5) is 0. The van der Waals surface area contributed by atoms with Crippen LogP contribution in [-0.4, -0.2) is 19.9 Å². The van der Waals surface area contributed by atoms with Gasteiger partial charge in [-0.2, -0.15) is 0 Å². The lowest BCUT2D eigenvalue weighted by atomic mass is 10.2. The molecule has 0 aliphatic carbocycles. The highest BCUT2D eigenvalue weighted by molar-refractivity contribution is 9.04. The number of unbranched alkanes of at least 4 members (excludes halogenated alkanes) is 6. The van der Waals surface area contributed by atoms with Gasteiger partial charge in [-0.1, -0.05) is 52.4 Å². The largest absolute Gasteiger partial charge is 0.253 e. The summed E-state index contributed by atoms with van der Waals surface area (Å²) in [5.74, 6) is 1.51. The monoisotopic (exact) mass is 298 g/mol. The van der Waals surface area contributed by atoms with Crippen LogP contribution >= 0.6 is 21.6 Å². The molecule has 0 spiro atoms. The maximum atomic E-state index is 11.6. The van der Waals surface area contributed by atoms with Crippen LogP contribution in [0.15, 0.2) is 0 Å². The predicted octanol–water partition coefficient (Wildman–Crippen LogP) is 4.86. The van der Waals surface area contributed by atoms with Crippen LogP contribution in [0.1, 0.15) is 65.2 Å². The quantitative estimate of drug-likeness (QED) is 0.381. The van der Waals surface area contributed by atoms with Gasteiger partial charge in [0.05, 0.1) is 0 Å². The molecule has 0 heterocycles. The molecule has 0 aromatic carbocycles. The third-order valence-electron chi connectivity index (χ3n) is 2.45. The first kappa shape index (κ1) is 17.6. The minimum absolute atomic E-state index is 0.754. The Hall–Kier alpha value is 0.650. The van der Waals surface area contributed by atoms with Gasteiger partial charge in [0.1, 0.15) is 0 Å². The zero-order chi connectivity index (χ0) is 13.0. The normalized spacial score (nSPS) is 11.9. The smallest absolute Gasteiger partial charge is 0.206 e. The van der Waals surface area contributed by atoms with Crippen molar-refractivity contribution < 1.29 is 8.42 Å². The van der Waals surface area contributed by atoms with E-state index < -0.39 is 7.90 Å². The number of hydrogen-bond acceptors (Lipinski definition) is 4. The number of hydrogen-bond donors (Lipinski definition) is 0. The van der Waals surface area contributed by atoms with Crippen molar-refractivity contribution in [3.63, 3.8) is 0 Å². The fraction of sp³-hybridized carbons (Fsp3) is 1.00. The lowest BCUT2D eigenvalue weighted by molar-refractivity contribution is 0.622. The highest BCUT2D eigenvalue weighted by Gasteiger charge is 2.11. The second-order valence-corrected chi connectivity index (χ2v) is 11.0. The Bertz CT molecular complexity index is 230. The van der Waals surface area contributed by atoms with E-state index in [0.717, 1.165) is 58.8 Å². The van der Waals surface area contributed by atoms with Crippen LogP contribution in [0.25, 0.3) is 0 Å². The van der Waals surface area contributed by atoms with E-state index in [9.17, 15) is 8.42 Å². The van der Waals surface area contributed by atoms with Gasteiger partial charge >= 0.3 is 0 Å². The Morgan fingerprint density at radius 3 is 1.47 bits per heavy atom. The molecule has 104 valence electrons. The van der Waals surface area contributed by atoms with Crippen molar-refractivity contribution in [3.8, 4) is 0 Å². The summed E-state index contributed by atoms with van der Waals surface area (Å²) < 4.78 is 23.2. The average Bonchev–Trinajstić information content (AvgIpc) is 2.28. The molecule has 0 unspecified atom stereocenters. The first-order valence-electron chi connectivity index (χ1n) is 6.66. The second-order valence-electron chi connectivity index (χ2n) is 4.17. The average molecular weight is 299 g/mol. The van der Waals surface area contributed by atoms with Gasteiger partial charge in [-0.05, 0) is 34.4 Å². The summed E-state index contributed by atoms with van der Waals surface area (Å²) >= 11 is 0. The van der Waals surface area contributed by atoms with Crippen LogP contribution in [0, 0.1) is 0 Å². The van der Waals surface area contributed by atoms with Crippen LogP contribution in [0.4, 0.5) is 0 Å². The zero-order valence-corrected chi connectivity index (χ0v) is 13.6. The molecular weight excluding hydrogens is 272 g/mol. The van der Waals surface area contributed by atoms with Crippen molar-refractivity contribution in [1.82, 2.24) is 0 Å². The third-order valence-corrected chi connectivity index (χ3v) is 8.40. The van der Waals surface area contributed by atoms with Gasteiger partial charge in [0.2, 0.25) is 0 Å². The molecule has 0 aliphatic rings. The molecule has 0 bridgehead atoms. The van der Waals surface area contributed by atoms with Crippen molar-refractivity contribution in [2.24, 2.45) is 0 Å². The van der Waals surface area contributed by atoms with Crippen molar-refractivity contribution in [2.75, 3.05) is 11.5 Å². The molecule has 0 saturated carbocycles. The standard InChI is InChI=1S/C12H26O2S3/c1-3-5-7-9-11-15-17(13,14)16-12-10-8-6-4-2/h3-12H2,1-2H3. The Kier molecular flexibility index (Phi) is 12.2. The van der Waals surface area contributed by atoms with Crippen molar-refractivity contribution in [2.45, 2.75) is 65.2 Å². The van der Waals surface area contributed by atoms with Gasteiger partial charge in [0.25, 0.3) is 7.90 Å². The van der Waals surface area contributed by atoms with E-state index in [1.165, 1.54) is 25.7 Å². The van der Waals surface area contributed by atoms with Crippen LogP contribution in [0.3, 0.4) is 0 Å². The molecule has 0 N–H and O–H groups in total. The predicted molar refractivity (Wildman–Crippen MR) is 82.1 cm³/mol. The highest BCUT2D eigenvalue weighted by Crippen LogP contribution is 2.28. The molecule has 0 radical (unpaired) electrons. The third kappa shape index (κ3) is 12.9. The molecule has 17 heavy (non-hydrogen) atoms. The molecule has 0 saturated heterocycles. The van der Waals surface area contributed by atoms with E-state index >= 15 is 0 Å². The fourth-order valence-corrected chi connectivity index (χ4v) is 6.51. The Morgan fingerprint density at radius 2 is 1.12 bits per heavy atom. The van der Waals surface area contributed by atoms with Crippen LogP contribution in [0.2, 0.25) is 0 Å². The fourth-order valence-electron chi connectivity index (χ4n) is 1.41. The van der Waals surface area contributed by atoms with Crippen molar-refractivity contribution in [3.05, 3.63) is 0 Å². The molecular formula is C12H26O2S3. The molecule has 0 amide bonds. The van der Waals surface area contributed by atoms with Crippen molar-refractivity contribution >= 4 is 29.5 Å². The van der Waals surface area contributed by atoms with Gasteiger partial charge in [0.15, 0.2) is 0 Å². The molecule has 0 atom stereocenters. The van der Waals surface area contributed by atoms with Gasteiger partial charge in [-0.25, -0.2) is 8.42 Å². The molecule has 0 aliphatic heterocycles. The zero-order valence-electron chi connectivity index (χ0n) is 11.1. The minimum Gasteiger partial charge on any atom is -0.206 e. The first-order chi connectivity index (χ1) is 8.12. The van der Waals surface area contributed by atoms with E-state index in [4.69, 9.17) is 0 Å². The van der Waals surface area contributed by atoms with Crippen LogP contribution in [-0.2, 0) is 7.90 Å². The summed E-state index contributed by atoms with van der Waals surface area (Å²) in [5, 5.41) is 0. The van der Waals surface area contributed by atoms with Gasteiger partial charge in [0, 0.05) is 11.5 Å². The van der Waals surface area contributed by atoms with Gasteiger partial charge < -0.3 is 0 Å². The lowest BCUT2D eigenvalue weighted by Gasteiger charge is -2.03. The summed E-state index contributed by atoms with van der Waals surface area (Å²) in [7, 11) is -0.666. The van der Waals surface area contributed by atoms with Gasteiger partial charge in [-0.3, -0.25) is 0 Å². The second kappa shape index (κ2) is 11.7. The Morgan fingerprint density at radius 1 is 0.706 bits per heavy atom. The summed E-state index contributed by atoms with van der Waals surface area (Å²) in [6, 6.07) is 0. The molecule has 0 rings (SSSR count). The topological polar surface area (TPSA) is 34.1 Å². The van der Waals surface area contributed by atoms with Gasteiger partial charge in [-0.15, -0.1) is 0 Å².